The molecule has 30 heavy (non-hydrogen) atoms. The third-order valence-corrected chi connectivity index (χ3v) is 5.93. The first kappa shape index (κ1) is 21.4. The molecule has 0 aliphatic heterocycles. The van der Waals surface area contributed by atoms with Gasteiger partial charge < -0.3 is 15.3 Å². The third-order valence-electron chi connectivity index (χ3n) is 4.65. The first-order valence-corrected chi connectivity index (χ1v) is 10.1. The number of thioether (sulfide) groups is 1. The van der Waals surface area contributed by atoms with Crippen LogP contribution in [-0.4, -0.2) is 38.1 Å². The van der Waals surface area contributed by atoms with E-state index < -0.39 is 22.8 Å². The van der Waals surface area contributed by atoms with Crippen molar-refractivity contribution in [2.45, 2.75) is 30.4 Å². The van der Waals surface area contributed by atoms with Crippen molar-refractivity contribution in [3.8, 4) is 11.5 Å². The molecule has 2 aromatic carbocycles. The second-order valence-electron chi connectivity index (χ2n) is 7.10. The second-order valence-corrected chi connectivity index (χ2v) is 8.38. The lowest BCUT2D eigenvalue weighted by atomic mass is 9.86. The van der Waals surface area contributed by atoms with Gasteiger partial charge in [-0.2, -0.15) is 0 Å². The topological polar surface area (TPSA) is 112 Å². The van der Waals surface area contributed by atoms with Crippen LogP contribution in [0.4, 0.5) is 0 Å². The average Bonchev–Trinajstić information content (AvgIpc) is 2.70. The quantitative estimate of drug-likeness (QED) is 0.352. The van der Waals surface area contributed by atoms with E-state index in [2.05, 4.69) is 0 Å². The van der Waals surface area contributed by atoms with Gasteiger partial charge in [-0.15, -0.1) is 11.8 Å². The van der Waals surface area contributed by atoms with Gasteiger partial charge in [-0.1, -0.05) is 11.6 Å². The number of aromatic carboxylic acids is 1. The fraction of sp³-hybridized carbons (Fsp3) is 0.174. The van der Waals surface area contributed by atoms with Crippen LogP contribution in [0.1, 0.15) is 51.3 Å². The zero-order valence-electron chi connectivity index (χ0n) is 16.4. The Morgan fingerprint density at radius 3 is 2.17 bits per heavy atom. The summed E-state index contributed by atoms with van der Waals surface area (Å²) in [4.78, 5) is 37.6. The smallest absolute Gasteiger partial charge is 0.335 e. The number of hydrogen-bond donors (Lipinski definition) is 3. The molecule has 0 amide bonds. The van der Waals surface area contributed by atoms with Crippen LogP contribution >= 0.6 is 11.8 Å². The molecule has 0 saturated heterocycles. The molecule has 0 heterocycles. The van der Waals surface area contributed by atoms with Crippen molar-refractivity contribution in [2.75, 3.05) is 0 Å². The first-order valence-electron chi connectivity index (χ1n) is 9.18. The molecular weight excluding hydrogens is 404 g/mol. The summed E-state index contributed by atoms with van der Waals surface area (Å²) in [5.74, 6) is -2.80. The van der Waals surface area contributed by atoms with Gasteiger partial charge >= 0.3 is 5.97 Å². The summed E-state index contributed by atoms with van der Waals surface area (Å²) in [6, 6.07) is 8.62. The van der Waals surface area contributed by atoms with Crippen molar-refractivity contribution in [1.29, 1.82) is 0 Å². The highest BCUT2D eigenvalue weighted by Gasteiger charge is 2.34. The molecule has 2 aromatic rings. The summed E-state index contributed by atoms with van der Waals surface area (Å²) in [6.07, 6.45) is 3.61. The minimum absolute atomic E-state index is 0.151. The van der Waals surface area contributed by atoms with Gasteiger partial charge in [0.1, 0.15) is 11.5 Å². The number of carboxylic acid groups (broad SMARTS) is 1. The van der Waals surface area contributed by atoms with Crippen LogP contribution in [-0.2, 0) is 0 Å². The van der Waals surface area contributed by atoms with Gasteiger partial charge in [-0.05, 0) is 62.7 Å². The van der Waals surface area contributed by atoms with Crippen molar-refractivity contribution in [2.24, 2.45) is 0 Å². The molecule has 3 rings (SSSR count). The van der Waals surface area contributed by atoms with Crippen LogP contribution < -0.4 is 0 Å². The van der Waals surface area contributed by atoms with Gasteiger partial charge in [0, 0.05) is 15.7 Å². The second kappa shape index (κ2) is 8.59. The number of aromatic hydroxyl groups is 2. The summed E-state index contributed by atoms with van der Waals surface area (Å²) in [7, 11) is 0. The Kier molecular flexibility index (Phi) is 6.12. The van der Waals surface area contributed by atoms with E-state index >= 15 is 0 Å². The summed E-state index contributed by atoms with van der Waals surface area (Å²) in [5.41, 5.74) is 1.02. The fourth-order valence-corrected chi connectivity index (χ4v) is 4.26. The zero-order valence-corrected chi connectivity index (χ0v) is 17.2. The Hall–Kier alpha value is -3.32. The molecule has 7 heteroatoms. The van der Waals surface area contributed by atoms with Gasteiger partial charge in [0.25, 0.3) is 0 Å². The highest BCUT2D eigenvalue weighted by molar-refractivity contribution is 8.00. The molecule has 1 unspecified atom stereocenters. The van der Waals surface area contributed by atoms with Gasteiger partial charge in [0.15, 0.2) is 11.6 Å². The molecule has 1 aliphatic rings. The molecule has 0 saturated carbocycles. The number of allylic oxidation sites excluding steroid dienone is 3. The minimum atomic E-state index is -1.03. The molecule has 1 atom stereocenters. The normalized spacial score (nSPS) is 14.0. The van der Waals surface area contributed by atoms with Gasteiger partial charge in [0.2, 0.25) is 0 Å². The van der Waals surface area contributed by atoms with E-state index in [4.69, 9.17) is 5.11 Å². The maximum Gasteiger partial charge on any atom is 0.335 e. The lowest BCUT2D eigenvalue weighted by Gasteiger charge is -2.23. The molecule has 154 valence electrons. The van der Waals surface area contributed by atoms with Crippen molar-refractivity contribution in [3.63, 3.8) is 0 Å². The molecule has 0 fully saturated rings. The maximum absolute atomic E-state index is 13.2. The predicted octanol–water partition coefficient (Wildman–Crippen LogP) is 4.62. The monoisotopic (exact) mass is 424 g/mol. The Morgan fingerprint density at radius 2 is 1.60 bits per heavy atom. The Morgan fingerprint density at radius 1 is 1.00 bits per heavy atom. The zero-order chi connectivity index (χ0) is 22.0. The fourth-order valence-electron chi connectivity index (χ4n) is 3.14. The number of carbonyl (C=O) groups is 3. The van der Waals surface area contributed by atoms with Crippen LogP contribution in [0.25, 0.3) is 0 Å². The summed E-state index contributed by atoms with van der Waals surface area (Å²) >= 11 is 1.33. The number of hydrogen-bond acceptors (Lipinski definition) is 6. The average molecular weight is 424 g/mol. The third kappa shape index (κ3) is 4.31. The number of phenols is 2. The summed E-state index contributed by atoms with van der Waals surface area (Å²) < 4.78 is 0. The number of ketones is 2. The van der Waals surface area contributed by atoms with Gasteiger partial charge in [0.05, 0.1) is 16.7 Å². The lowest BCUT2D eigenvalue weighted by Crippen LogP contribution is -2.23. The summed E-state index contributed by atoms with van der Waals surface area (Å²) in [6.45, 7) is 3.84. The van der Waals surface area contributed by atoms with Gasteiger partial charge in [-0.3, -0.25) is 9.59 Å². The van der Waals surface area contributed by atoms with E-state index in [0.29, 0.717) is 6.42 Å². The van der Waals surface area contributed by atoms with Crippen LogP contribution in [0.3, 0.4) is 0 Å². The van der Waals surface area contributed by atoms with Crippen molar-refractivity contribution in [1.82, 2.24) is 0 Å². The number of phenolic OH excluding ortho intramolecular Hbond substituents is 2. The molecule has 0 aromatic heterocycles. The van der Waals surface area contributed by atoms with E-state index in [0.717, 1.165) is 10.5 Å². The Labute approximate surface area is 177 Å². The molecule has 6 nitrogen and oxygen atoms in total. The van der Waals surface area contributed by atoms with E-state index in [1.807, 2.05) is 19.9 Å². The number of carbonyl (C=O) groups excluding carboxylic acids is 2. The first-order chi connectivity index (χ1) is 14.2. The molecule has 1 aliphatic carbocycles. The molecule has 0 bridgehead atoms. The van der Waals surface area contributed by atoms with E-state index in [1.165, 1.54) is 42.1 Å². The van der Waals surface area contributed by atoms with Gasteiger partial charge in [-0.25, -0.2) is 4.79 Å². The standard InChI is InChI=1S/C23H20O6S/c1-12(2)3-10-19(30-14-6-4-13(5-7-14)23(28)29)15-11-18(26)20-16(24)8-9-17(25)21(20)22(15)27/h3-9,11,19,24-25H,10H2,1-2H3,(H,28,29). The van der Waals surface area contributed by atoms with E-state index in [1.54, 1.807) is 12.1 Å². The van der Waals surface area contributed by atoms with E-state index in [-0.39, 0.29) is 33.8 Å². The molecule has 3 N–H and O–H groups in total. The SMILES string of the molecule is CC(C)=CCC(Sc1ccc(C(=O)O)cc1)C1=CC(=O)c2c(O)ccc(O)c2C1=O. The van der Waals surface area contributed by atoms with Crippen LogP contribution in [0.5, 0.6) is 11.5 Å². The number of benzene rings is 2. The van der Waals surface area contributed by atoms with Crippen molar-refractivity contribution in [3.05, 3.63) is 76.4 Å². The highest BCUT2D eigenvalue weighted by atomic mass is 32.2. The number of fused-ring (bicyclic) bond motifs is 1. The Balaban J connectivity index is 2.00. The number of carboxylic acids is 1. The largest absolute Gasteiger partial charge is 0.507 e. The summed E-state index contributed by atoms with van der Waals surface area (Å²) in [5, 5.41) is 28.8. The molecule has 0 radical (unpaired) electrons. The Bertz CT molecular complexity index is 1090. The highest BCUT2D eigenvalue weighted by Crippen LogP contribution is 2.40. The van der Waals surface area contributed by atoms with E-state index in [9.17, 15) is 24.6 Å². The van der Waals surface area contributed by atoms with Crippen molar-refractivity contribution >= 4 is 29.3 Å². The van der Waals surface area contributed by atoms with Crippen LogP contribution in [0.15, 0.2) is 64.6 Å². The minimum Gasteiger partial charge on any atom is -0.507 e. The molecule has 0 spiro atoms. The van der Waals surface area contributed by atoms with Crippen LogP contribution in [0, 0.1) is 0 Å². The number of rotatable bonds is 6. The van der Waals surface area contributed by atoms with Crippen LogP contribution in [0.2, 0.25) is 0 Å². The number of Topliss-reactive ketones (excluding diaryl/α,β-unsaturated/α-hetero) is 1. The predicted molar refractivity (Wildman–Crippen MR) is 114 cm³/mol. The lowest BCUT2D eigenvalue weighted by molar-refractivity contribution is 0.0696. The maximum atomic E-state index is 13.2. The molecular formula is C23H20O6S. The van der Waals surface area contributed by atoms with Crippen molar-refractivity contribution < 1.29 is 29.7 Å².